The molecule has 0 radical (unpaired) electrons. The maximum atomic E-state index is 12.2. The molecule has 0 atom stereocenters. The summed E-state index contributed by atoms with van der Waals surface area (Å²) in [5, 5.41) is 1.09. The van der Waals surface area contributed by atoms with E-state index in [1.165, 1.54) is 5.56 Å². The first-order valence-corrected chi connectivity index (χ1v) is 8.94. The maximum Gasteiger partial charge on any atom is 0.311 e. The molecule has 1 aliphatic heterocycles. The topological polar surface area (TPSA) is 38.7 Å². The second kappa shape index (κ2) is 8.37. The van der Waals surface area contributed by atoms with Crippen LogP contribution in [-0.2, 0) is 16.0 Å². The van der Waals surface area contributed by atoms with Crippen molar-refractivity contribution in [2.75, 3.05) is 18.9 Å². The van der Waals surface area contributed by atoms with Gasteiger partial charge >= 0.3 is 5.97 Å². The average Bonchev–Trinajstić information content (AvgIpc) is 3.00. The van der Waals surface area contributed by atoms with E-state index in [0.717, 1.165) is 36.6 Å². The zero-order chi connectivity index (χ0) is 15.8. The predicted octanol–water partition coefficient (Wildman–Crippen LogP) is 4.11. The summed E-state index contributed by atoms with van der Waals surface area (Å²) in [6, 6.07) is 10.4. The average molecular weight is 319 g/mol. The van der Waals surface area contributed by atoms with Crippen molar-refractivity contribution in [1.82, 2.24) is 0 Å². The highest BCUT2D eigenvalue weighted by Gasteiger charge is 2.31. The van der Waals surface area contributed by atoms with E-state index in [1.54, 1.807) is 11.8 Å². The number of rotatable bonds is 8. The molecular formula is C18H25NO2S. The van der Waals surface area contributed by atoms with Crippen LogP contribution in [0.15, 0.2) is 35.3 Å². The molecule has 4 heteroatoms. The van der Waals surface area contributed by atoms with Gasteiger partial charge in [0.15, 0.2) is 0 Å². The molecule has 0 saturated heterocycles. The van der Waals surface area contributed by atoms with Crippen molar-refractivity contribution in [2.24, 2.45) is 10.4 Å². The molecule has 0 unspecified atom stereocenters. The fourth-order valence-electron chi connectivity index (χ4n) is 2.37. The molecule has 0 N–H and O–H groups in total. The van der Waals surface area contributed by atoms with Crippen molar-refractivity contribution in [1.29, 1.82) is 0 Å². The SMILES string of the molecule is CC(C)(CC1=NCCS1)C(=O)OCCCCc1ccccc1. The smallest absolute Gasteiger partial charge is 0.311 e. The Bertz CT molecular complexity index is 511. The Hall–Kier alpha value is -1.29. The van der Waals surface area contributed by atoms with Crippen LogP contribution in [0, 0.1) is 5.41 Å². The zero-order valence-corrected chi connectivity index (χ0v) is 14.3. The fraction of sp³-hybridized carbons (Fsp3) is 0.556. The van der Waals surface area contributed by atoms with Gasteiger partial charge in [0, 0.05) is 18.7 Å². The predicted molar refractivity (Wildman–Crippen MR) is 93.5 cm³/mol. The van der Waals surface area contributed by atoms with Gasteiger partial charge in [-0.05, 0) is 38.7 Å². The lowest BCUT2D eigenvalue weighted by atomic mass is 9.90. The van der Waals surface area contributed by atoms with E-state index in [4.69, 9.17) is 4.74 Å². The molecule has 120 valence electrons. The van der Waals surface area contributed by atoms with E-state index in [0.29, 0.717) is 13.0 Å². The van der Waals surface area contributed by atoms with Crippen LogP contribution < -0.4 is 0 Å². The molecule has 22 heavy (non-hydrogen) atoms. The van der Waals surface area contributed by atoms with Gasteiger partial charge in [0.1, 0.15) is 0 Å². The lowest BCUT2D eigenvalue weighted by molar-refractivity contribution is -0.153. The number of thioether (sulfide) groups is 1. The van der Waals surface area contributed by atoms with Crippen LogP contribution in [0.25, 0.3) is 0 Å². The number of unbranched alkanes of at least 4 members (excludes halogenated alkanes) is 1. The normalized spacial score (nSPS) is 14.7. The second-order valence-electron chi connectivity index (χ2n) is 6.26. The van der Waals surface area contributed by atoms with E-state index < -0.39 is 5.41 Å². The van der Waals surface area contributed by atoms with Crippen LogP contribution in [0.2, 0.25) is 0 Å². The lowest BCUT2D eigenvalue weighted by Crippen LogP contribution is -2.28. The molecule has 0 fully saturated rings. The first kappa shape index (κ1) is 17.1. The van der Waals surface area contributed by atoms with Crippen LogP contribution in [0.1, 0.15) is 38.7 Å². The Kier molecular flexibility index (Phi) is 6.49. The minimum absolute atomic E-state index is 0.109. The summed E-state index contributed by atoms with van der Waals surface area (Å²) in [6.45, 7) is 5.28. The summed E-state index contributed by atoms with van der Waals surface area (Å²) in [4.78, 5) is 16.6. The molecule has 0 amide bonds. The van der Waals surface area contributed by atoms with Crippen LogP contribution in [-0.4, -0.2) is 29.9 Å². The van der Waals surface area contributed by atoms with Gasteiger partial charge in [-0.2, -0.15) is 0 Å². The van der Waals surface area contributed by atoms with Crippen molar-refractivity contribution in [3.05, 3.63) is 35.9 Å². The van der Waals surface area contributed by atoms with Gasteiger partial charge in [0.05, 0.1) is 17.1 Å². The van der Waals surface area contributed by atoms with Gasteiger partial charge in [-0.3, -0.25) is 9.79 Å². The highest BCUT2D eigenvalue weighted by molar-refractivity contribution is 8.14. The van der Waals surface area contributed by atoms with Crippen molar-refractivity contribution in [3.63, 3.8) is 0 Å². The van der Waals surface area contributed by atoms with Gasteiger partial charge in [-0.25, -0.2) is 0 Å². The molecular weight excluding hydrogens is 294 g/mol. The Morgan fingerprint density at radius 1 is 1.27 bits per heavy atom. The van der Waals surface area contributed by atoms with E-state index in [2.05, 4.69) is 29.3 Å². The number of carbonyl (C=O) groups is 1. The monoisotopic (exact) mass is 319 g/mol. The minimum Gasteiger partial charge on any atom is -0.465 e. The van der Waals surface area contributed by atoms with Crippen LogP contribution in [0.4, 0.5) is 0 Å². The molecule has 0 aromatic heterocycles. The molecule has 0 saturated carbocycles. The summed E-state index contributed by atoms with van der Waals surface area (Å²) in [6.07, 6.45) is 3.68. The third-order valence-corrected chi connectivity index (χ3v) is 4.72. The fourth-order valence-corrected chi connectivity index (χ4v) is 3.44. The molecule has 1 aromatic carbocycles. The largest absolute Gasteiger partial charge is 0.465 e. The van der Waals surface area contributed by atoms with E-state index in [9.17, 15) is 4.79 Å². The number of carbonyl (C=O) groups excluding carboxylic acids is 1. The second-order valence-corrected chi connectivity index (χ2v) is 7.43. The third-order valence-electron chi connectivity index (χ3n) is 3.73. The minimum atomic E-state index is -0.477. The van der Waals surface area contributed by atoms with Crippen molar-refractivity contribution in [2.45, 2.75) is 39.5 Å². The number of esters is 1. The van der Waals surface area contributed by atoms with Gasteiger partial charge in [0.25, 0.3) is 0 Å². The molecule has 1 aromatic rings. The first-order chi connectivity index (χ1) is 10.6. The highest BCUT2D eigenvalue weighted by atomic mass is 32.2. The highest BCUT2D eigenvalue weighted by Crippen LogP contribution is 2.28. The molecule has 1 heterocycles. The van der Waals surface area contributed by atoms with Crippen LogP contribution in [0.5, 0.6) is 0 Å². The Morgan fingerprint density at radius 3 is 2.73 bits per heavy atom. The molecule has 2 rings (SSSR count). The Balaban J connectivity index is 1.64. The van der Waals surface area contributed by atoms with E-state index in [-0.39, 0.29) is 5.97 Å². The van der Waals surface area contributed by atoms with Gasteiger partial charge in [0.2, 0.25) is 0 Å². The summed E-state index contributed by atoms with van der Waals surface area (Å²) < 4.78 is 5.45. The number of aryl methyl sites for hydroxylation is 1. The number of hydrogen-bond acceptors (Lipinski definition) is 4. The standard InChI is InChI=1S/C18H25NO2S/c1-18(2,14-16-19-11-13-22-16)17(20)21-12-7-6-10-15-8-4-3-5-9-15/h3-5,8-9H,6-7,10-14H2,1-2H3. The Morgan fingerprint density at radius 2 is 2.05 bits per heavy atom. The summed E-state index contributed by atoms with van der Waals surface area (Å²) >= 11 is 1.76. The zero-order valence-electron chi connectivity index (χ0n) is 13.5. The molecule has 0 aliphatic carbocycles. The summed E-state index contributed by atoms with van der Waals surface area (Å²) in [5.74, 6) is 0.933. The molecule has 0 spiro atoms. The number of benzene rings is 1. The first-order valence-electron chi connectivity index (χ1n) is 7.95. The number of nitrogens with zero attached hydrogens (tertiary/aromatic N) is 1. The molecule has 3 nitrogen and oxygen atoms in total. The number of hydrogen-bond donors (Lipinski definition) is 0. The number of ether oxygens (including phenoxy) is 1. The summed E-state index contributed by atoms with van der Waals surface area (Å²) in [5.41, 5.74) is 0.862. The number of aliphatic imine (C=N–C) groups is 1. The molecule has 0 bridgehead atoms. The summed E-state index contributed by atoms with van der Waals surface area (Å²) in [7, 11) is 0. The molecule has 1 aliphatic rings. The quantitative estimate of drug-likeness (QED) is 0.534. The lowest BCUT2D eigenvalue weighted by Gasteiger charge is -2.22. The van der Waals surface area contributed by atoms with Gasteiger partial charge < -0.3 is 4.74 Å². The van der Waals surface area contributed by atoms with Crippen molar-refractivity contribution < 1.29 is 9.53 Å². The van der Waals surface area contributed by atoms with Crippen molar-refractivity contribution >= 4 is 22.8 Å². The van der Waals surface area contributed by atoms with Gasteiger partial charge in [-0.1, -0.05) is 30.3 Å². The van der Waals surface area contributed by atoms with E-state index in [1.807, 2.05) is 19.9 Å². The van der Waals surface area contributed by atoms with Crippen LogP contribution in [0.3, 0.4) is 0 Å². The van der Waals surface area contributed by atoms with E-state index >= 15 is 0 Å². The maximum absolute atomic E-state index is 12.2. The van der Waals surface area contributed by atoms with Crippen LogP contribution >= 0.6 is 11.8 Å². The van der Waals surface area contributed by atoms with Gasteiger partial charge in [-0.15, -0.1) is 11.8 Å². The van der Waals surface area contributed by atoms with Crippen molar-refractivity contribution in [3.8, 4) is 0 Å². The third kappa shape index (κ3) is 5.48. The Labute approximate surface area is 137 Å².